The molecule has 9 nitrogen and oxygen atoms in total. The van der Waals surface area contributed by atoms with E-state index in [2.05, 4.69) is 5.32 Å². The van der Waals surface area contributed by atoms with Crippen molar-refractivity contribution < 1.29 is 38.7 Å². The Kier molecular flexibility index (Phi) is 16.2. The maximum absolute atomic E-state index is 10.2. The molecular formula is C14H27NO8. The second-order valence-electron chi connectivity index (χ2n) is 4.49. The third-order valence-electron chi connectivity index (χ3n) is 2.51. The van der Waals surface area contributed by atoms with Gasteiger partial charge in [-0.3, -0.25) is 9.59 Å². The average Bonchev–Trinajstić information content (AvgIpc) is 2.49. The molecule has 23 heavy (non-hydrogen) atoms. The quantitative estimate of drug-likeness (QED) is 0.286. The molecule has 0 aliphatic rings. The van der Waals surface area contributed by atoms with E-state index >= 15 is 0 Å². The molecule has 0 bridgehead atoms. The van der Waals surface area contributed by atoms with Crippen LogP contribution in [-0.4, -0.2) is 88.1 Å². The first-order valence-electron chi connectivity index (χ1n) is 7.58. The SMILES string of the molecule is O=C(O)CCOCCNCCOCCOCCOCCC(=O)O. The second kappa shape index (κ2) is 17.1. The predicted molar refractivity (Wildman–Crippen MR) is 80.7 cm³/mol. The largest absolute Gasteiger partial charge is 0.481 e. The Hall–Kier alpha value is -1.26. The summed E-state index contributed by atoms with van der Waals surface area (Å²) in [5.74, 6) is -1.74. The number of carboxylic acid groups (broad SMARTS) is 2. The minimum atomic E-state index is -0.875. The fourth-order valence-corrected chi connectivity index (χ4v) is 1.38. The van der Waals surface area contributed by atoms with E-state index in [4.69, 9.17) is 29.2 Å². The number of rotatable bonds is 18. The van der Waals surface area contributed by atoms with E-state index in [1.807, 2.05) is 0 Å². The van der Waals surface area contributed by atoms with Crippen molar-refractivity contribution in [3.05, 3.63) is 0 Å². The summed E-state index contributed by atoms with van der Waals surface area (Å²) in [4.78, 5) is 20.4. The molecule has 0 saturated carbocycles. The van der Waals surface area contributed by atoms with E-state index in [0.29, 0.717) is 52.7 Å². The van der Waals surface area contributed by atoms with E-state index < -0.39 is 11.9 Å². The first kappa shape index (κ1) is 21.7. The van der Waals surface area contributed by atoms with Gasteiger partial charge in [0, 0.05) is 13.1 Å². The second-order valence-corrected chi connectivity index (χ2v) is 4.49. The molecule has 0 saturated heterocycles. The molecule has 0 aromatic carbocycles. The number of aliphatic carboxylic acids is 2. The summed E-state index contributed by atoms with van der Waals surface area (Å²) in [7, 11) is 0. The van der Waals surface area contributed by atoms with Crippen LogP contribution in [0.15, 0.2) is 0 Å². The topological polar surface area (TPSA) is 124 Å². The zero-order valence-corrected chi connectivity index (χ0v) is 13.3. The maximum Gasteiger partial charge on any atom is 0.305 e. The lowest BCUT2D eigenvalue weighted by atomic mass is 10.5. The van der Waals surface area contributed by atoms with Gasteiger partial charge in [-0.2, -0.15) is 0 Å². The molecule has 9 heteroatoms. The highest BCUT2D eigenvalue weighted by Gasteiger charge is 1.97. The minimum absolute atomic E-state index is 0.000705. The Morgan fingerprint density at radius 1 is 0.609 bits per heavy atom. The smallest absolute Gasteiger partial charge is 0.305 e. The Morgan fingerprint density at radius 3 is 1.39 bits per heavy atom. The lowest BCUT2D eigenvalue weighted by Gasteiger charge is -2.07. The minimum Gasteiger partial charge on any atom is -0.481 e. The summed E-state index contributed by atoms with van der Waals surface area (Å²) in [6.07, 6.45) is 0.0222. The highest BCUT2D eigenvalue weighted by Crippen LogP contribution is 1.85. The summed E-state index contributed by atoms with van der Waals surface area (Å²) < 4.78 is 20.7. The molecule has 136 valence electrons. The zero-order chi connectivity index (χ0) is 17.2. The Bertz CT molecular complexity index is 273. The molecule has 0 atom stereocenters. The molecule has 0 heterocycles. The summed E-state index contributed by atoms with van der Waals surface area (Å²) in [5.41, 5.74) is 0. The third kappa shape index (κ3) is 20.7. The van der Waals surface area contributed by atoms with Crippen LogP contribution in [0.2, 0.25) is 0 Å². The summed E-state index contributed by atoms with van der Waals surface area (Å²) >= 11 is 0. The molecule has 0 aliphatic heterocycles. The van der Waals surface area contributed by atoms with Crippen LogP contribution >= 0.6 is 0 Å². The van der Waals surface area contributed by atoms with Crippen LogP contribution in [0.25, 0.3) is 0 Å². The highest BCUT2D eigenvalue weighted by atomic mass is 16.5. The summed E-state index contributed by atoms with van der Waals surface area (Å²) in [6.45, 7) is 4.49. The molecular weight excluding hydrogens is 310 g/mol. The van der Waals surface area contributed by atoms with E-state index in [9.17, 15) is 9.59 Å². The number of hydrogen-bond donors (Lipinski definition) is 3. The fraction of sp³-hybridized carbons (Fsp3) is 0.857. The van der Waals surface area contributed by atoms with Crippen molar-refractivity contribution in [2.24, 2.45) is 0 Å². The highest BCUT2D eigenvalue weighted by molar-refractivity contribution is 5.66. The van der Waals surface area contributed by atoms with Crippen LogP contribution in [-0.2, 0) is 28.5 Å². The van der Waals surface area contributed by atoms with Gasteiger partial charge in [0.05, 0.1) is 65.7 Å². The van der Waals surface area contributed by atoms with Crippen LogP contribution in [0, 0.1) is 0 Å². The van der Waals surface area contributed by atoms with Crippen molar-refractivity contribution in [1.82, 2.24) is 5.32 Å². The molecule has 0 aromatic rings. The van der Waals surface area contributed by atoms with E-state index in [-0.39, 0.29) is 26.1 Å². The Balaban J connectivity index is 3.00. The monoisotopic (exact) mass is 337 g/mol. The molecule has 0 spiro atoms. The van der Waals surface area contributed by atoms with Crippen LogP contribution in [0.4, 0.5) is 0 Å². The third-order valence-corrected chi connectivity index (χ3v) is 2.51. The van der Waals surface area contributed by atoms with E-state index in [0.717, 1.165) is 0 Å². The molecule has 0 unspecified atom stereocenters. The van der Waals surface area contributed by atoms with Gasteiger partial charge in [0.1, 0.15) is 0 Å². The average molecular weight is 337 g/mol. The number of carboxylic acids is 2. The van der Waals surface area contributed by atoms with Gasteiger partial charge in [0.2, 0.25) is 0 Å². The van der Waals surface area contributed by atoms with E-state index in [1.54, 1.807) is 0 Å². The first-order valence-corrected chi connectivity index (χ1v) is 7.58. The van der Waals surface area contributed by atoms with Crippen molar-refractivity contribution in [2.45, 2.75) is 12.8 Å². The van der Waals surface area contributed by atoms with Gasteiger partial charge in [-0.05, 0) is 0 Å². The molecule has 0 aliphatic carbocycles. The predicted octanol–water partition coefficient (Wildman–Crippen LogP) is -0.408. The van der Waals surface area contributed by atoms with Gasteiger partial charge >= 0.3 is 11.9 Å². The van der Waals surface area contributed by atoms with Crippen molar-refractivity contribution in [3.8, 4) is 0 Å². The molecule has 3 N–H and O–H groups in total. The van der Waals surface area contributed by atoms with E-state index in [1.165, 1.54) is 0 Å². The van der Waals surface area contributed by atoms with Crippen LogP contribution in [0.3, 0.4) is 0 Å². The van der Waals surface area contributed by atoms with Crippen molar-refractivity contribution in [1.29, 1.82) is 0 Å². The normalized spacial score (nSPS) is 10.8. The van der Waals surface area contributed by atoms with Gasteiger partial charge in [0.15, 0.2) is 0 Å². The lowest BCUT2D eigenvalue weighted by molar-refractivity contribution is -0.139. The number of nitrogens with one attached hydrogen (secondary N) is 1. The standard InChI is InChI=1S/C14H27NO8/c16-13(17)1-5-20-7-3-15-4-8-22-10-12-23-11-9-21-6-2-14(18)19/h15H,1-12H2,(H,16,17)(H,18,19). The molecule has 0 radical (unpaired) electrons. The zero-order valence-electron chi connectivity index (χ0n) is 13.3. The number of hydrogen-bond acceptors (Lipinski definition) is 7. The van der Waals surface area contributed by atoms with Gasteiger partial charge < -0.3 is 34.5 Å². The van der Waals surface area contributed by atoms with Crippen molar-refractivity contribution in [3.63, 3.8) is 0 Å². The fourth-order valence-electron chi connectivity index (χ4n) is 1.38. The van der Waals surface area contributed by atoms with Crippen LogP contribution in [0.1, 0.15) is 12.8 Å². The van der Waals surface area contributed by atoms with Gasteiger partial charge in [-0.15, -0.1) is 0 Å². The first-order chi connectivity index (χ1) is 11.1. The van der Waals surface area contributed by atoms with Crippen molar-refractivity contribution >= 4 is 11.9 Å². The Morgan fingerprint density at radius 2 is 0.957 bits per heavy atom. The number of carbonyl (C=O) groups is 2. The van der Waals surface area contributed by atoms with Gasteiger partial charge in [-0.25, -0.2) is 0 Å². The van der Waals surface area contributed by atoms with Crippen molar-refractivity contribution in [2.75, 3.05) is 65.9 Å². The molecule has 0 rings (SSSR count). The Labute approximate surface area is 135 Å². The van der Waals surface area contributed by atoms with Gasteiger partial charge in [-0.1, -0.05) is 0 Å². The molecule has 0 amide bonds. The van der Waals surface area contributed by atoms with Crippen LogP contribution in [0.5, 0.6) is 0 Å². The molecule has 0 aromatic heterocycles. The van der Waals surface area contributed by atoms with Gasteiger partial charge in [0.25, 0.3) is 0 Å². The molecule has 0 fully saturated rings. The van der Waals surface area contributed by atoms with Crippen LogP contribution < -0.4 is 5.32 Å². The lowest BCUT2D eigenvalue weighted by Crippen LogP contribution is -2.25. The number of ether oxygens (including phenoxy) is 4. The summed E-state index contributed by atoms with van der Waals surface area (Å²) in [5, 5.41) is 19.9. The maximum atomic E-state index is 10.2. The summed E-state index contributed by atoms with van der Waals surface area (Å²) in [6, 6.07) is 0.